The summed E-state index contributed by atoms with van der Waals surface area (Å²) in [5.41, 5.74) is 0. The molecule has 0 aromatic carbocycles. The Morgan fingerprint density at radius 1 is 0.882 bits per heavy atom. The predicted octanol–water partition coefficient (Wildman–Crippen LogP) is 5.78. The first-order valence-corrected chi connectivity index (χ1v) is 7.64. The standard InChI is InChI=1S/C16H30B/c1-4-14-16(2,3)17-15-12-10-8-6-5-7-9-11-13-15/h4,14-15H,5-13H2,1-3H3. The predicted molar refractivity (Wildman–Crippen MR) is 79.9 cm³/mol. The summed E-state index contributed by atoms with van der Waals surface area (Å²) in [4.78, 5) is 0. The Hall–Kier alpha value is -0.195. The van der Waals surface area contributed by atoms with Crippen molar-refractivity contribution in [3.05, 3.63) is 12.2 Å². The van der Waals surface area contributed by atoms with E-state index in [1.165, 1.54) is 57.8 Å². The molecule has 0 atom stereocenters. The fourth-order valence-corrected chi connectivity index (χ4v) is 3.10. The molecule has 0 nitrogen and oxygen atoms in total. The van der Waals surface area contributed by atoms with Gasteiger partial charge < -0.3 is 0 Å². The highest BCUT2D eigenvalue weighted by Gasteiger charge is 2.22. The zero-order valence-corrected chi connectivity index (χ0v) is 12.2. The van der Waals surface area contributed by atoms with Gasteiger partial charge in [-0.05, 0) is 12.2 Å². The molecule has 1 heteroatoms. The molecule has 97 valence electrons. The molecule has 1 saturated carbocycles. The lowest BCUT2D eigenvalue weighted by Crippen LogP contribution is -2.17. The summed E-state index contributed by atoms with van der Waals surface area (Å²) >= 11 is 0. The number of rotatable bonds is 3. The van der Waals surface area contributed by atoms with Crippen molar-refractivity contribution in [2.45, 2.75) is 89.7 Å². The molecule has 0 amide bonds. The van der Waals surface area contributed by atoms with Crippen LogP contribution in [-0.2, 0) is 0 Å². The molecule has 1 radical (unpaired) electrons. The van der Waals surface area contributed by atoms with E-state index in [0.29, 0.717) is 0 Å². The summed E-state index contributed by atoms with van der Waals surface area (Å²) in [5, 5.41) is 0.281. The van der Waals surface area contributed by atoms with E-state index in [9.17, 15) is 0 Å². The lowest BCUT2D eigenvalue weighted by atomic mass is 9.45. The van der Waals surface area contributed by atoms with Gasteiger partial charge in [0.1, 0.15) is 7.28 Å². The van der Waals surface area contributed by atoms with Crippen LogP contribution in [0.25, 0.3) is 0 Å². The maximum atomic E-state index is 2.61. The number of hydrogen-bond donors (Lipinski definition) is 0. The number of allylic oxidation sites excluding steroid dienone is 2. The molecule has 0 N–H and O–H groups in total. The van der Waals surface area contributed by atoms with Crippen molar-refractivity contribution in [3.8, 4) is 0 Å². The zero-order chi connectivity index (χ0) is 12.6. The Morgan fingerprint density at radius 3 is 1.82 bits per heavy atom. The van der Waals surface area contributed by atoms with Crippen molar-refractivity contribution in [2.75, 3.05) is 0 Å². The molecule has 0 aliphatic heterocycles. The molecule has 1 fully saturated rings. The number of hydrogen-bond acceptors (Lipinski definition) is 0. The molecule has 0 spiro atoms. The average Bonchev–Trinajstić information content (AvgIpc) is 2.26. The second kappa shape index (κ2) is 8.00. The molecule has 0 saturated heterocycles. The van der Waals surface area contributed by atoms with E-state index in [-0.39, 0.29) is 5.31 Å². The third-order valence-corrected chi connectivity index (χ3v) is 3.91. The van der Waals surface area contributed by atoms with Crippen molar-refractivity contribution in [3.63, 3.8) is 0 Å². The Morgan fingerprint density at radius 2 is 1.35 bits per heavy atom. The first-order chi connectivity index (χ1) is 8.14. The molecule has 0 aromatic heterocycles. The van der Waals surface area contributed by atoms with Crippen LogP contribution in [0, 0.1) is 0 Å². The summed E-state index contributed by atoms with van der Waals surface area (Å²) in [5.74, 6) is 0.847. The van der Waals surface area contributed by atoms with Gasteiger partial charge in [0.2, 0.25) is 0 Å². The fraction of sp³-hybridized carbons (Fsp3) is 0.875. The van der Waals surface area contributed by atoms with Crippen LogP contribution in [0.1, 0.15) is 78.6 Å². The molecule has 0 aromatic rings. The van der Waals surface area contributed by atoms with Crippen LogP contribution in [0.5, 0.6) is 0 Å². The van der Waals surface area contributed by atoms with E-state index in [1.807, 2.05) is 0 Å². The van der Waals surface area contributed by atoms with Crippen LogP contribution < -0.4 is 0 Å². The highest BCUT2D eigenvalue weighted by Crippen LogP contribution is 2.35. The van der Waals surface area contributed by atoms with Crippen LogP contribution in [0.3, 0.4) is 0 Å². The van der Waals surface area contributed by atoms with Gasteiger partial charge in [-0.1, -0.05) is 89.6 Å². The highest BCUT2D eigenvalue weighted by molar-refractivity contribution is 6.42. The van der Waals surface area contributed by atoms with Crippen LogP contribution in [-0.4, -0.2) is 7.28 Å². The van der Waals surface area contributed by atoms with Gasteiger partial charge in [0.05, 0.1) is 0 Å². The van der Waals surface area contributed by atoms with Crippen molar-refractivity contribution >= 4 is 7.28 Å². The first kappa shape index (κ1) is 14.9. The Labute approximate surface area is 110 Å². The summed E-state index contributed by atoms with van der Waals surface area (Å²) < 4.78 is 0. The van der Waals surface area contributed by atoms with Crippen LogP contribution in [0.2, 0.25) is 11.1 Å². The largest absolute Gasteiger partial charge is 0.126 e. The van der Waals surface area contributed by atoms with Gasteiger partial charge in [0.25, 0.3) is 0 Å². The van der Waals surface area contributed by atoms with E-state index in [1.54, 1.807) is 0 Å². The van der Waals surface area contributed by atoms with Gasteiger partial charge in [-0.2, -0.15) is 0 Å². The first-order valence-electron chi connectivity index (χ1n) is 7.64. The Kier molecular flexibility index (Phi) is 7.00. The van der Waals surface area contributed by atoms with Crippen molar-refractivity contribution in [1.29, 1.82) is 0 Å². The van der Waals surface area contributed by atoms with E-state index >= 15 is 0 Å². The molecule has 0 bridgehead atoms. The minimum Gasteiger partial charge on any atom is -0.0919 e. The van der Waals surface area contributed by atoms with Crippen molar-refractivity contribution in [2.24, 2.45) is 0 Å². The zero-order valence-electron chi connectivity index (χ0n) is 12.2. The Balaban J connectivity index is 2.41. The lowest BCUT2D eigenvalue weighted by Gasteiger charge is -2.26. The van der Waals surface area contributed by atoms with E-state index in [0.717, 1.165) is 5.82 Å². The molecular weight excluding hydrogens is 203 g/mol. The maximum Gasteiger partial charge on any atom is 0.126 e. The molecule has 0 unspecified atom stereocenters. The monoisotopic (exact) mass is 233 g/mol. The smallest absolute Gasteiger partial charge is 0.0919 e. The summed E-state index contributed by atoms with van der Waals surface area (Å²) in [6, 6.07) is 0. The van der Waals surface area contributed by atoms with E-state index < -0.39 is 0 Å². The third kappa shape index (κ3) is 6.96. The lowest BCUT2D eigenvalue weighted by molar-refractivity contribution is 0.498. The van der Waals surface area contributed by atoms with Gasteiger partial charge in [0.15, 0.2) is 0 Å². The molecule has 1 rings (SSSR count). The topological polar surface area (TPSA) is 0 Å². The second-order valence-corrected chi connectivity index (χ2v) is 6.30. The molecule has 17 heavy (non-hydrogen) atoms. The van der Waals surface area contributed by atoms with Crippen molar-refractivity contribution < 1.29 is 0 Å². The van der Waals surface area contributed by atoms with Gasteiger partial charge in [-0.25, -0.2) is 0 Å². The minimum atomic E-state index is 0.281. The summed E-state index contributed by atoms with van der Waals surface area (Å²) in [7, 11) is 2.61. The quantitative estimate of drug-likeness (QED) is 0.428. The van der Waals surface area contributed by atoms with Gasteiger partial charge >= 0.3 is 0 Å². The summed E-state index contributed by atoms with van der Waals surface area (Å²) in [6.07, 6.45) is 17.5. The summed E-state index contributed by atoms with van der Waals surface area (Å²) in [6.45, 7) is 6.81. The van der Waals surface area contributed by atoms with Crippen LogP contribution in [0.4, 0.5) is 0 Å². The average molecular weight is 233 g/mol. The third-order valence-electron chi connectivity index (χ3n) is 3.91. The van der Waals surface area contributed by atoms with Crippen molar-refractivity contribution in [1.82, 2.24) is 0 Å². The molecular formula is C16H30B. The minimum absolute atomic E-state index is 0.281. The Bertz CT molecular complexity index is 208. The van der Waals surface area contributed by atoms with Gasteiger partial charge in [0, 0.05) is 0 Å². The molecule has 0 heterocycles. The second-order valence-electron chi connectivity index (χ2n) is 6.30. The van der Waals surface area contributed by atoms with Crippen LogP contribution >= 0.6 is 0 Å². The van der Waals surface area contributed by atoms with Crippen LogP contribution in [0.15, 0.2) is 12.2 Å². The normalized spacial score (nSPS) is 21.6. The van der Waals surface area contributed by atoms with Gasteiger partial charge in [-0.3, -0.25) is 0 Å². The highest BCUT2D eigenvalue weighted by atomic mass is 14.1. The van der Waals surface area contributed by atoms with E-state index in [2.05, 4.69) is 40.2 Å². The van der Waals surface area contributed by atoms with Gasteiger partial charge in [-0.15, -0.1) is 0 Å². The molecule has 1 aliphatic carbocycles. The van der Waals surface area contributed by atoms with E-state index in [4.69, 9.17) is 0 Å². The fourth-order valence-electron chi connectivity index (χ4n) is 3.10. The molecule has 1 aliphatic rings. The SMILES string of the molecule is CC=CC(C)(C)[B]C1CCCCCCCCC1. The maximum absolute atomic E-state index is 2.61.